The SMILES string of the molecule is CCCN(CCN)Cc1cccc(Cl)c1. The molecule has 0 aliphatic rings. The summed E-state index contributed by atoms with van der Waals surface area (Å²) in [5, 5.41) is 0.802. The molecule has 15 heavy (non-hydrogen) atoms. The Kier molecular flexibility index (Phi) is 5.69. The summed E-state index contributed by atoms with van der Waals surface area (Å²) >= 11 is 5.94. The first-order valence-electron chi connectivity index (χ1n) is 5.43. The molecule has 0 bridgehead atoms. The Bertz CT molecular complexity index is 283. The number of nitrogens with two attached hydrogens (primary N) is 1. The van der Waals surface area contributed by atoms with E-state index in [2.05, 4.69) is 17.9 Å². The summed E-state index contributed by atoms with van der Waals surface area (Å²) in [6.45, 7) is 5.86. The molecule has 2 N–H and O–H groups in total. The van der Waals surface area contributed by atoms with Crippen molar-refractivity contribution in [1.82, 2.24) is 4.90 Å². The average Bonchev–Trinajstić information content (AvgIpc) is 2.18. The van der Waals surface area contributed by atoms with Crippen LogP contribution in [0.15, 0.2) is 24.3 Å². The molecule has 3 heteroatoms. The van der Waals surface area contributed by atoms with E-state index < -0.39 is 0 Å². The molecule has 0 amide bonds. The van der Waals surface area contributed by atoms with Crippen molar-refractivity contribution in [2.24, 2.45) is 5.73 Å². The van der Waals surface area contributed by atoms with Crippen molar-refractivity contribution in [3.63, 3.8) is 0 Å². The normalized spacial score (nSPS) is 10.9. The van der Waals surface area contributed by atoms with Crippen LogP contribution >= 0.6 is 11.6 Å². The summed E-state index contributed by atoms with van der Waals surface area (Å²) in [6, 6.07) is 8.01. The maximum absolute atomic E-state index is 5.94. The fraction of sp³-hybridized carbons (Fsp3) is 0.500. The van der Waals surface area contributed by atoms with Gasteiger partial charge >= 0.3 is 0 Å². The van der Waals surface area contributed by atoms with E-state index in [-0.39, 0.29) is 0 Å². The predicted octanol–water partition coefficient (Wildman–Crippen LogP) is 2.51. The van der Waals surface area contributed by atoms with E-state index in [0.29, 0.717) is 6.54 Å². The monoisotopic (exact) mass is 226 g/mol. The molecule has 0 aliphatic carbocycles. The number of hydrogen-bond acceptors (Lipinski definition) is 2. The standard InChI is InChI=1S/C12H19ClN2/c1-2-7-15(8-6-14)10-11-4-3-5-12(13)9-11/h3-5,9H,2,6-8,10,14H2,1H3. The van der Waals surface area contributed by atoms with Gasteiger partial charge in [-0.15, -0.1) is 0 Å². The molecule has 0 fully saturated rings. The number of rotatable bonds is 6. The summed E-state index contributed by atoms with van der Waals surface area (Å²) in [5.41, 5.74) is 6.83. The molecule has 0 unspecified atom stereocenters. The fourth-order valence-corrected chi connectivity index (χ4v) is 1.88. The van der Waals surface area contributed by atoms with Crippen molar-refractivity contribution in [2.45, 2.75) is 19.9 Å². The quantitative estimate of drug-likeness (QED) is 0.808. The molecule has 2 nitrogen and oxygen atoms in total. The van der Waals surface area contributed by atoms with Crippen LogP contribution in [0.2, 0.25) is 5.02 Å². The first-order valence-corrected chi connectivity index (χ1v) is 5.81. The lowest BCUT2D eigenvalue weighted by Gasteiger charge is -2.20. The highest BCUT2D eigenvalue weighted by Crippen LogP contribution is 2.12. The Morgan fingerprint density at radius 2 is 2.13 bits per heavy atom. The van der Waals surface area contributed by atoms with Crippen molar-refractivity contribution >= 4 is 11.6 Å². The third-order valence-corrected chi connectivity index (χ3v) is 2.52. The fourth-order valence-electron chi connectivity index (χ4n) is 1.66. The smallest absolute Gasteiger partial charge is 0.0409 e. The van der Waals surface area contributed by atoms with Gasteiger partial charge in [-0.2, -0.15) is 0 Å². The lowest BCUT2D eigenvalue weighted by molar-refractivity contribution is 0.273. The lowest BCUT2D eigenvalue weighted by Crippen LogP contribution is -2.29. The van der Waals surface area contributed by atoms with Gasteiger partial charge in [0.05, 0.1) is 0 Å². The highest BCUT2D eigenvalue weighted by atomic mass is 35.5. The van der Waals surface area contributed by atoms with Gasteiger partial charge in [0.15, 0.2) is 0 Å². The zero-order valence-electron chi connectivity index (χ0n) is 9.25. The molecule has 1 rings (SSSR count). The van der Waals surface area contributed by atoms with E-state index in [1.54, 1.807) is 0 Å². The summed E-state index contributed by atoms with van der Waals surface area (Å²) < 4.78 is 0. The summed E-state index contributed by atoms with van der Waals surface area (Å²) in [7, 11) is 0. The maximum atomic E-state index is 5.94. The molecule has 0 saturated carbocycles. The lowest BCUT2D eigenvalue weighted by atomic mass is 10.2. The zero-order valence-corrected chi connectivity index (χ0v) is 10.0. The molecule has 84 valence electrons. The molecule has 0 aliphatic heterocycles. The van der Waals surface area contributed by atoms with Crippen LogP contribution in [-0.4, -0.2) is 24.5 Å². The van der Waals surface area contributed by atoms with E-state index in [1.807, 2.05) is 18.2 Å². The number of halogens is 1. The van der Waals surface area contributed by atoms with Crippen molar-refractivity contribution < 1.29 is 0 Å². The maximum Gasteiger partial charge on any atom is 0.0409 e. The van der Waals surface area contributed by atoms with Gasteiger partial charge in [-0.1, -0.05) is 30.7 Å². The van der Waals surface area contributed by atoms with Crippen LogP contribution < -0.4 is 5.73 Å². The second-order valence-electron chi connectivity index (χ2n) is 3.69. The molecule has 1 aromatic rings. The summed E-state index contributed by atoms with van der Waals surface area (Å²) in [5.74, 6) is 0. The molecule has 0 aromatic heterocycles. The van der Waals surface area contributed by atoms with Crippen molar-refractivity contribution in [1.29, 1.82) is 0 Å². The van der Waals surface area contributed by atoms with Crippen LogP contribution in [0.25, 0.3) is 0 Å². The molecule has 0 radical (unpaired) electrons. The predicted molar refractivity (Wildman–Crippen MR) is 66.1 cm³/mol. The topological polar surface area (TPSA) is 29.3 Å². The van der Waals surface area contributed by atoms with Gasteiger partial charge in [-0.05, 0) is 30.7 Å². The van der Waals surface area contributed by atoms with E-state index in [1.165, 1.54) is 5.56 Å². The Balaban J connectivity index is 2.56. The van der Waals surface area contributed by atoms with E-state index in [0.717, 1.165) is 31.1 Å². The largest absolute Gasteiger partial charge is 0.329 e. The summed E-state index contributed by atoms with van der Waals surface area (Å²) in [6.07, 6.45) is 1.15. The van der Waals surface area contributed by atoms with Gasteiger partial charge in [0.2, 0.25) is 0 Å². The van der Waals surface area contributed by atoms with Gasteiger partial charge in [0.25, 0.3) is 0 Å². The minimum Gasteiger partial charge on any atom is -0.329 e. The third-order valence-electron chi connectivity index (χ3n) is 2.28. The van der Waals surface area contributed by atoms with Gasteiger partial charge in [0, 0.05) is 24.7 Å². The highest BCUT2D eigenvalue weighted by Gasteiger charge is 2.03. The Hall–Kier alpha value is -0.570. The minimum absolute atomic E-state index is 0.709. The number of hydrogen-bond donors (Lipinski definition) is 1. The molecule has 0 saturated heterocycles. The van der Waals surface area contributed by atoms with E-state index in [4.69, 9.17) is 17.3 Å². The van der Waals surface area contributed by atoms with Crippen molar-refractivity contribution in [2.75, 3.05) is 19.6 Å². The Morgan fingerprint density at radius 1 is 1.33 bits per heavy atom. The number of benzene rings is 1. The van der Waals surface area contributed by atoms with Crippen molar-refractivity contribution in [3.05, 3.63) is 34.9 Å². The van der Waals surface area contributed by atoms with Crippen molar-refractivity contribution in [3.8, 4) is 0 Å². The minimum atomic E-state index is 0.709. The van der Waals surface area contributed by atoms with E-state index in [9.17, 15) is 0 Å². The summed E-state index contributed by atoms with van der Waals surface area (Å²) in [4.78, 5) is 2.35. The Morgan fingerprint density at radius 3 is 2.73 bits per heavy atom. The first-order chi connectivity index (χ1) is 7.26. The van der Waals surface area contributed by atoms with Gasteiger partial charge in [-0.3, -0.25) is 4.90 Å². The average molecular weight is 227 g/mol. The van der Waals surface area contributed by atoms with Gasteiger partial charge < -0.3 is 5.73 Å². The zero-order chi connectivity index (χ0) is 11.1. The van der Waals surface area contributed by atoms with Gasteiger partial charge in [0.1, 0.15) is 0 Å². The van der Waals surface area contributed by atoms with Crippen LogP contribution in [0, 0.1) is 0 Å². The van der Waals surface area contributed by atoms with Crippen LogP contribution in [-0.2, 0) is 6.54 Å². The molecule has 0 heterocycles. The number of nitrogens with zero attached hydrogens (tertiary/aromatic N) is 1. The molecular formula is C12H19ClN2. The second-order valence-corrected chi connectivity index (χ2v) is 4.13. The molecule has 0 atom stereocenters. The van der Waals surface area contributed by atoms with Crippen LogP contribution in [0.1, 0.15) is 18.9 Å². The first kappa shape index (κ1) is 12.5. The van der Waals surface area contributed by atoms with E-state index >= 15 is 0 Å². The molecule has 0 spiro atoms. The highest BCUT2D eigenvalue weighted by molar-refractivity contribution is 6.30. The van der Waals surface area contributed by atoms with Crippen LogP contribution in [0.5, 0.6) is 0 Å². The Labute approximate surface area is 97.0 Å². The third kappa shape index (κ3) is 4.65. The van der Waals surface area contributed by atoms with Gasteiger partial charge in [-0.25, -0.2) is 0 Å². The molecular weight excluding hydrogens is 208 g/mol. The molecule has 1 aromatic carbocycles. The van der Waals surface area contributed by atoms with Crippen LogP contribution in [0.4, 0.5) is 0 Å². The van der Waals surface area contributed by atoms with Crippen LogP contribution in [0.3, 0.4) is 0 Å². The second kappa shape index (κ2) is 6.83.